The molecule has 4 rings (SSSR count). The highest BCUT2D eigenvalue weighted by Gasteiger charge is 2.45. The molecule has 1 aromatic heterocycles. The Morgan fingerprint density at radius 3 is 2.80 bits per heavy atom. The number of hydrogen-bond acceptors (Lipinski definition) is 6. The third kappa shape index (κ3) is 2.73. The predicted molar refractivity (Wildman–Crippen MR) is 88.3 cm³/mol. The second-order valence-corrected chi connectivity index (χ2v) is 6.51. The Bertz CT molecular complexity index is 878. The molecule has 0 saturated heterocycles. The Morgan fingerprint density at radius 1 is 1.24 bits per heavy atom. The van der Waals surface area contributed by atoms with Gasteiger partial charge in [-0.25, -0.2) is 4.98 Å². The zero-order chi connectivity index (χ0) is 17.6. The summed E-state index contributed by atoms with van der Waals surface area (Å²) in [5.41, 5.74) is 6.12. The van der Waals surface area contributed by atoms with Gasteiger partial charge in [-0.3, -0.25) is 4.99 Å². The molecule has 2 aromatic rings. The first-order valence-corrected chi connectivity index (χ1v) is 8.12. The molecular formula is C16H12BrF2N3O3. The number of alkyl halides is 2. The third-order valence-electron chi connectivity index (χ3n) is 4.00. The van der Waals surface area contributed by atoms with Crippen LogP contribution in [-0.4, -0.2) is 30.6 Å². The van der Waals surface area contributed by atoms with Crippen molar-refractivity contribution in [1.29, 1.82) is 0 Å². The fourth-order valence-electron chi connectivity index (χ4n) is 3.05. The molecule has 1 unspecified atom stereocenters. The first kappa shape index (κ1) is 16.2. The van der Waals surface area contributed by atoms with Crippen LogP contribution in [0.2, 0.25) is 0 Å². The Labute approximate surface area is 149 Å². The first-order chi connectivity index (χ1) is 12.0. The second-order valence-electron chi connectivity index (χ2n) is 5.60. The monoisotopic (exact) mass is 411 g/mol. The number of amidine groups is 1. The van der Waals surface area contributed by atoms with Crippen LogP contribution >= 0.6 is 15.9 Å². The van der Waals surface area contributed by atoms with Gasteiger partial charge in [0.15, 0.2) is 5.75 Å². The standard InChI is InChI=1S/C16H12BrF2N3O3/c17-8-1-2-11-9(3-8)16(7-23-6-13(20)22-16)10-4-14(25-15(18)19)21-5-12(10)24-11/h1-5,15H,6-7H2,(H2,20,22). The van der Waals surface area contributed by atoms with Crippen molar-refractivity contribution in [1.82, 2.24) is 4.98 Å². The van der Waals surface area contributed by atoms with Crippen LogP contribution in [0.15, 0.2) is 39.9 Å². The highest BCUT2D eigenvalue weighted by Crippen LogP contribution is 2.51. The van der Waals surface area contributed by atoms with Gasteiger partial charge in [-0.15, -0.1) is 0 Å². The van der Waals surface area contributed by atoms with Gasteiger partial charge in [-0.05, 0) is 18.2 Å². The average Bonchev–Trinajstić information content (AvgIpc) is 2.56. The largest absolute Gasteiger partial charge is 0.455 e. The van der Waals surface area contributed by atoms with Gasteiger partial charge in [0, 0.05) is 21.7 Å². The van der Waals surface area contributed by atoms with Crippen LogP contribution in [-0.2, 0) is 10.3 Å². The number of nitrogens with two attached hydrogens (primary N) is 1. The van der Waals surface area contributed by atoms with Crippen molar-refractivity contribution in [3.63, 3.8) is 0 Å². The highest BCUT2D eigenvalue weighted by atomic mass is 79.9. The van der Waals surface area contributed by atoms with Crippen LogP contribution in [0.5, 0.6) is 17.4 Å². The molecule has 25 heavy (non-hydrogen) atoms. The van der Waals surface area contributed by atoms with E-state index >= 15 is 0 Å². The van der Waals surface area contributed by atoms with E-state index in [2.05, 4.69) is 30.6 Å². The van der Waals surface area contributed by atoms with E-state index < -0.39 is 12.2 Å². The number of aromatic nitrogens is 1. The number of halogens is 3. The number of ether oxygens (including phenoxy) is 3. The summed E-state index contributed by atoms with van der Waals surface area (Å²) in [6.07, 6.45) is 1.33. The predicted octanol–water partition coefficient (Wildman–Crippen LogP) is 3.18. The van der Waals surface area contributed by atoms with Gasteiger partial charge < -0.3 is 19.9 Å². The highest BCUT2D eigenvalue weighted by molar-refractivity contribution is 9.10. The molecule has 0 saturated carbocycles. The smallest absolute Gasteiger partial charge is 0.388 e. The fourth-order valence-corrected chi connectivity index (χ4v) is 3.41. The molecule has 0 bridgehead atoms. The zero-order valence-corrected chi connectivity index (χ0v) is 14.3. The van der Waals surface area contributed by atoms with Crippen LogP contribution < -0.4 is 15.2 Å². The molecule has 1 atom stereocenters. The van der Waals surface area contributed by atoms with E-state index in [9.17, 15) is 8.78 Å². The lowest BCUT2D eigenvalue weighted by Crippen LogP contribution is -2.42. The molecule has 6 nitrogen and oxygen atoms in total. The van der Waals surface area contributed by atoms with E-state index in [4.69, 9.17) is 15.2 Å². The van der Waals surface area contributed by atoms with Crippen LogP contribution in [0.3, 0.4) is 0 Å². The minimum Gasteiger partial charge on any atom is -0.455 e. The zero-order valence-electron chi connectivity index (χ0n) is 12.7. The van der Waals surface area contributed by atoms with Gasteiger partial charge in [0.25, 0.3) is 0 Å². The minimum atomic E-state index is -2.98. The van der Waals surface area contributed by atoms with Crippen LogP contribution in [0, 0.1) is 0 Å². The molecule has 0 amide bonds. The first-order valence-electron chi connectivity index (χ1n) is 7.33. The number of nitrogens with zero attached hydrogens (tertiary/aromatic N) is 2. The third-order valence-corrected chi connectivity index (χ3v) is 4.49. The molecule has 3 heterocycles. The van der Waals surface area contributed by atoms with Gasteiger partial charge in [0.05, 0.1) is 12.8 Å². The molecule has 0 fully saturated rings. The molecule has 2 N–H and O–H groups in total. The van der Waals surface area contributed by atoms with Crippen molar-refractivity contribution in [3.05, 3.63) is 46.1 Å². The van der Waals surface area contributed by atoms with Crippen molar-refractivity contribution >= 4 is 21.8 Å². The minimum absolute atomic E-state index is 0.186. The molecule has 1 aromatic carbocycles. The summed E-state index contributed by atoms with van der Waals surface area (Å²) in [6.45, 7) is -2.60. The van der Waals surface area contributed by atoms with Gasteiger partial charge in [0.1, 0.15) is 23.7 Å². The maximum Gasteiger partial charge on any atom is 0.388 e. The summed E-state index contributed by atoms with van der Waals surface area (Å²) in [4.78, 5) is 8.48. The average molecular weight is 412 g/mol. The van der Waals surface area contributed by atoms with Crippen molar-refractivity contribution < 1.29 is 23.0 Å². The number of rotatable bonds is 2. The molecule has 0 radical (unpaired) electrons. The lowest BCUT2D eigenvalue weighted by molar-refractivity contribution is -0.0530. The normalized spacial score (nSPS) is 21.4. The van der Waals surface area contributed by atoms with Gasteiger partial charge in [-0.2, -0.15) is 8.78 Å². The maximum absolute atomic E-state index is 12.6. The van der Waals surface area contributed by atoms with Crippen LogP contribution in [0.25, 0.3) is 0 Å². The molecule has 9 heteroatoms. The van der Waals surface area contributed by atoms with Gasteiger partial charge in [-0.1, -0.05) is 15.9 Å². The Hall–Kier alpha value is -2.26. The Balaban J connectivity index is 1.95. The number of benzene rings is 1. The molecule has 0 aliphatic carbocycles. The van der Waals surface area contributed by atoms with E-state index in [1.165, 1.54) is 12.3 Å². The molecule has 1 spiro atoms. The van der Waals surface area contributed by atoms with Crippen molar-refractivity contribution in [2.45, 2.75) is 12.2 Å². The summed E-state index contributed by atoms with van der Waals surface area (Å²) in [6, 6.07) is 6.85. The van der Waals surface area contributed by atoms with E-state index in [1.54, 1.807) is 6.07 Å². The maximum atomic E-state index is 12.6. The van der Waals surface area contributed by atoms with E-state index in [0.29, 0.717) is 28.5 Å². The van der Waals surface area contributed by atoms with E-state index in [-0.39, 0.29) is 19.1 Å². The number of aliphatic imine (C=N–C) groups is 1. The summed E-state index contributed by atoms with van der Waals surface area (Å²) < 4.78 is 41.9. The molecule has 2 aliphatic rings. The lowest BCUT2D eigenvalue weighted by Gasteiger charge is -2.39. The van der Waals surface area contributed by atoms with Crippen LogP contribution in [0.4, 0.5) is 8.78 Å². The van der Waals surface area contributed by atoms with Crippen molar-refractivity contribution in [2.75, 3.05) is 13.2 Å². The number of pyridine rings is 1. The SMILES string of the molecule is NC1=NC2(COC1)c1cc(Br)ccc1Oc1cnc(OC(F)F)cc12. The van der Waals surface area contributed by atoms with Gasteiger partial charge in [0.2, 0.25) is 5.88 Å². The van der Waals surface area contributed by atoms with E-state index in [1.807, 2.05) is 12.1 Å². The Kier molecular flexibility index (Phi) is 3.84. The fraction of sp³-hybridized carbons (Fsp3) is 0.250. The molecular weight excluding hydrogens is 400 g/mol. The second kappa shape index (κ2) is 5.92. The summed E-state index contributed by atoms with van der Waals surface area (Å²) >= 11 is 3.43. The topological polar surface area (TPSA) is 79.0 Å². The summed E-state index contributed by atoms with van der Waals surface area (Å²) in [5.74, 6) is 1.04. The molecule has 130 valence electrons. The summed E-state index contributed by atoms with van der Waals surface area (Å²) in [5, 5.41) is 0. The quantitative estimate of drug-likeness (QED) is 0.820. The van der Waals surface area contributed by atoms with Crippen molar-refractivity contribution in [3.8, 4) is 17.4 Å². The summed E-state index contributed by atoms with van der Waals surface area (Å²) in [7, 11) is 0. The van der Waals surface area contributed by atoms with Crippen LogP contribution in [0.1, 0.15) is 11.1 Å². The Morgan fingerprint density at radius 2 is 2.04 bits per heavy atom. The van der Waals surface area contributed by atoms with Gasteiger partial charge >= 0.3 is 6.61 Å². The molecule has 2 aliphatic heterocycles. The van der Waals surface area contributed by atoms with Crippen molar-refractivity contribution in [2.24, 2.45) is 10.7 Å². The lowest BCUT2D eigenvalue weighted by atomic mass is 9.81. The van der Waals surface area contributed by atoms with E-state index in [0.717, 1.165) is 4.47 Å². The number of fused-ring (bicyclic) bond motifs is 4. The number of hydrogen-bond donors (Lipinski definition) is 1.